The van der Waals surface area contributed by atoms with E-state index in [1.807, 2.05) is 10.6 Å². The molecule has 0 aliphatic carbocycles. The van der Waals surface area contributed by atoms with Gasteiger partial charge in [0, 0.05) is 23.9 Å². The van der Waals surface area contributed by atoms with Crippen LogP contribution >= 0.6 is 15.9 Å². The third-order valence-electron chi connectivity index (χ3n) is 4.34. The third kappa shape index (κ3) is 2.75. The lowest BCUT2D eigenvalue weighted by Gasteiger charge is -2.30. The highest BCUT2D eigenvalue weighted by Crippen LogP contribution is 2.40. The van der Waals surface area contributed by atoms with Gasteiger partial charge < -0.3 is 14.4 Å². The second-order valence-corrected chi connectivity index (χ2v) is 6.65. The van der Waals surface area contributed by atoms with E-state index in [1.165, 1.54) is 6.07 Å². The molecule has 0 bridgehead atoms. The lowest BCUT2D eigenvalue weighted by Crippen LogP contribution is -2.26. The molecule has 1 aliphatic rings. The minimum atomic E-state index is -0.600. The van der Waals surface area contributed by atoms with Crippen molar-refractivity contribution in [3.63, 3.8) is 0 Å². The second-order valence-electron chi connectivity index (χ2n) is 5.79. The molecule has 0 radical (unpaired) electrons. The van der Waals surface area contributed by atoms with Crippen molar-refractivity contribution < 1.29 is 14.6 Å². The lowest BCUT2D eigenvalue weighted by atomic mass is 9.91. The second kappa shape index (κ2) is 6.43. The molecule has 126 valence electrons. The number of phenolic OH excluding ortho intramolecular Hbond substituents is 1. The molecule has 2 aromatic rings. The summed E-state index contributed by atoms with van der Waals surface area (Å²) < 4.78 is 7.56. The number of hydrogen-bond acceptors (Lipinski definition) is 4. The fourth-order valence-corrected chi connectivity index (χ4v) is 3.52. The van der Waals surface area contributed by atoms with E-state index in [2.05, 4.69) is 22.9 Å². The highest BCUT2D eigenvalue weighted by atomic mass is 79.9. The summed E-state index contributed by atoms with van der Waals surface area (Å²) in [5, 5.41) is 10.00. The molecule has 3 rings (SSSR count). The normalized spacial score (nSPS) is 15.5. The minimum absolute atomic E-state index is 0.0452. The monoisotopic (exact) mass is 391 g/mol. The van der Waals surface area contributed by atoms with Gasteiger partial charge >= 0.3 is 5.97 Å². The van der Waals surface area contributed by atoms with Crippen LogP contribution in [0.2, 0.25) is 0 Å². The van der Waals surface area contributed by atoms with Crippen molar-refractivity contribution in [3.8, 4) is 17.0 Å². The number of nitrogens with zero attached hydrogens (tertiary/aromatic N) is 1. The van der Waals surface area contributed by atoms with E-state index in [-0.39, 0.29) is 29.4 Å². The Balaban J connectivity index is 2.22. The quantitative estimate of drug-likeness (QED) is 0.810. The molecule has 1 unspecified atom stereocenters. The Kier molecular flexibility index (Phi) is 4.49. The molecule has 0 amide bonds. The maximum atomic E-state index is 12.4. The third-order valence-corrected chi connectivity index (χ3v) is 4.98. The van der Waals surface area contributed by atoms with Crippen molar-refractivity contribution in [2.75, 3.05) is 6.61 Å². The van der Waals surface area contributed by atoms with Crippen molar-refractivity contribution >= 4 is 21.9 Å². The highest BCUT2D eigenvalue weighted by molar-refractivity contribution is 9.10. The molecular formula is C18H18BrNO4. The highest BCUT2D eigenvalue weighted by Gasteiger charge is 2.26. The van der Waals surface area contributed by atoms with E-state index in [0.29, 0.717) is 10.2 Å². The van der Waals surface area contributed by atoms with Crippen LogP contribution in [0.3, 0.4) is 0 Å². The van der Waals surface area contributed by atoms with E-state index in [9.17, 15) is 14.7 Å². The first-order chi connectivity index (χ1) is 11.5. The molecule has 1 N–H and O–H groups in total. The fourth-order valence-electron chi connectivity index (χ4n) is 3.13. The van der Waals surface area contributed by atoms with Crippen LogP contribution in [0.25, 0.3) is 11.3 Å². The van der Waals surface area contributed by atoms with Crippen LogP contribution in [0.5, 0.6) is 5.75 Å². The summed E-state index contributed by atoms with van der Waals surface area (Å²) in [6, 6.07) is 5.14. The van der Waals surface area contributed by atoms with Crippen LogP contribution in [0.1, 0.15) is 42.2 Å². The Hall–Kier alpha value is -2.08. The van der Waals surface area contributed by atoms with Gasteiger partial charge in [-0.2, -0.15) is 0 Å². The lowest BCUT2D eigenvalue weighted by molar-refractivity contribution is 0.0523. The van der Waals surface area contributed by atoms with E-state index in [1.54, 1.807) is 19.2 Å². The zero-order valence-corrected chi connectivity index (χ0v) is 15.1. The fraction of sp³-hybridized carbons (Fsp3) is 0.333. The van der Waals surface area contributed by atoms with Crippen molar-refractivity contribution in [2.45, 2.75) is 32.7 Å². The molecule has 0 spiro atoms. The predicted molar refractivity (Wildman–Crippen MR) is 94.5 cm³/mol. The average Bonchev–Trinajstić information content (AvgIpc) is 2.55. The number of aromatic hydroxyl groups is 1. The molecule has 1 aliphatic heterocycles. The summed E-state index contributed by atoms with van der Waals surface area (Å²) >= 11 is 3.34. The van der Waals surface area contributed by atoms with Gasteiger partial charge in [0.15, 0.2) is 5.43 Å². The molecule has 1 atom stereocenters. The van der Waals surface area contributed by atoms with Crippen molar-refractivity contribution in [1.29, 1.82) is 0 Å². The van der Waals surface area contributed by atoms with Crippen LogP contribution in [0.15, 0.2) is 33.7 Å². The molecule has 0 saturated heterocycles. The van der Waals surface area contributed by atoms with E-state index in [4.69, 9.17) is 4.74 Å². The number of esters is 1. The van der Waals surface area contributed by atoms with Crippen LogP contribution in [-0.2, 0) is 11.2 Å². The zero-order valence-electron chi connectivity index (χ0n) is 13.5. The molecule has 0 saturated carbocycles. The summed E-state index contributed by atoms with van der Waals surface area (Å²) in [4.78, 5) is 24.4. The van der Waals surface area contributed by atoms with E-state index < -0.39 is 5.97 Å². The van der Waals surface area contributed by atoms with Gasteiger partial charge in [-0.25, -0.2) is 4.79 Å². The van der Waals surface area contributed by atoms with Gasteiger partial charge in [0.1, 0.15) is 11.3 Å². The number of carbonyl (C=O) groups is 1. The molecule has 0 fully saturated rings. The number of phenols is 1. The van der Waals surface area contributed by atoms with Crippen molar-refractivity contribution in [3.05, 3.63) is 50.2 Å². The van der Waals surface area contributed by atoms with Gasteiger partial charge in [-0.1, -0.05) is 6.92 Å². The Morgan fingerprint density at radius 1 is 1.38 bits per heavy atom. The maximum Gasteiger partial charge on any atom is 0.343 e. The molecule has 1 aromatic carbocycles. The smallest absolute Gasteiger partial charge is 0.343 e. The molecule has 6 heteroatoms. The van der Waals surface area contributed by atoms with Crippen LogP contribution in [-0.4, -0.2) is 22.2 Å². The van der Waals surface area contributed by atoms with Gasteiger partial charge in [0.05, 0.1) is 16.8 Å². The first-order valence-corrected chi connectivity index (χ1v) is 8.70. The predicted octanol–water partition coefficient (Wildman–Crippen LogP) is 3.67. The first-order valence-electron chi connectivity index (χ1n) is 7.91. The topological polar surface area (TPSA) is 68.5 Å². The Labute approximate surface area is 148 Å². The Morgan fingerprint density at radius 3 is 2.79 bits per heavy atom. The van der Waals surface area contributed by atoms with Crippen LogP contribution in [0, 0.1) is 0 Å². The number of halogens is 1. The summed E-state index contributed by atoms with van der Waals surface area (Å²) in [6.45, 7) is 4.00. The molecule has 24 heavy (non-hydrogen) atoms. The number of fused-ring (bicyclic) bond motifs is 3. The van der Waals surface area contributed by atoms with Crippen LogP contribution in [0.4, 0.5) is 0 Å². The van der Waals surface area contributed by atoms with Gasteiger partial charge in [0.2, 0.25) is 0 Å². The number of ether oxygens (including phenoxy) is 1. The minimum Gasteiger partial charge on any atom is -0.507 e. The van der Waals surface area contributed by atoms with E-state index >= 15 is 0 Å². The Bertz CT molecular complexity index is 872. The molecule has 5 nitrogen and oxygen atoms in total. The number of aromatic nitrogens is 1. The van der Waals surface area contributed by atoms with Crippen molar-refractivity contribution in [2.24, 2.45) is 0 Å². The van der Waals surface area contributed by atoms with Crippen molar-refractivity contribution in [1.82, 2.24) is 4.57 Å². The molecular weight excluding hydrogens is 374 g/mol. The van der Waals surface area contributed by atoms with Gasteiger partial charge in [0.25, 0.3) is 0 Å². The summed E-state index contributed by atoms with van der Waals surface area (Å²) in [5.74, 6) is -0.478. The summed E-state index contributed by atoms with van der Waals surface area (Å²) in [7, 11) is 0. The summed E-state index contributed by atoms with van der Waals surface area (Å²) in [6.07, 6.45) is 3.21. The van der Waals surface area contributed by atoms with E-state index in [0.717, 1.165) is 24.0 Å². The molecule has 2 heterocycles. The maximum absolute atomic E-state index is 12.4. The molecule has 1 aromatic heterocycles. The summed E-state index contributed by atoms with van der Waals surface area (Å²) in [5.41, 5.74) is 2.26. The van der Waals surface area contributed by atoms with Crippen LogP contribution < -0.4 is 5.43 Å². The van der Waals surface area contributed by atoms with Gasteiger partial charge in [-0.15, -0.1) is 0 Å². The average molecular weight is 392 g/mol. The number of hydrogen-bond donors (Lipinski definition) is 1. The zero-order chi connectivity index (χ0) is 17.4. The number of pyridine rings is 1. The SMILES string of the molecule is CCOC(=O)c1cn2c(cc1=O)-c1cc(O)c(Br)cc1CC2CC. The van der Waals surface area contributed by atoms with Gasteiger partial charge in [-0.3, -0.25) is 4.79 Å². The number of rotatable bonds is 3. The Morgan fingerprint density at radius 2 is 2.12 bits per heavy atom. The number of benzene rings is 1. The van der Waals surface area contributed by atoms with Gasteiger partial charge in [-0.05, 0) is 53.4 Å². The first kappa shape index (κ1) is 16.8. The number of carbonyl (C=O) groups excluding carboxylic acids is 1. The standard InChI is InChI=1S/C18H18BrNO4/c1-3-11-5-10-6-14(19)17(22)7-12(10)15-8-16(21)13(9-20(11)15)18(23)24-4-2/h6-9,11,22H,3-5H2,1-2H3. The largest absolute Gasteiger partial charge is 0.507 e.